The predicted octanol–water partition coefficient (Wildman–Crippen LogP) is 3.53. The Morgan fingerprint density at radius 3 is 2.94 bits per heavy atom. The number of aliphatic imine (C=N–C) groups is 1. The van der Waals surface area contributed by atoms with Gasteiger partial charge in [-0.05, 0) is 31.4 Å². The lowest BCUT2D eigenvalue weighted by molar-refractivity contribution is -0.00710. The third kappa shape index (κ3) is 3.83. The third-order valence-electron chi connectivity index (χ3n) is 6.30. The van der Waals surface area contributed by atoms with E-state index >= 15 is 0 Å². The lowest BCUT2D eigenvalue weighted by Crippen LogP contribution is -2.34. The molecular weight excluding hydrogens is 434 g/mol. The van der Waals surface area contributed by atoms with E-state index in [1.807, 2.05) is 7.05 Å². The molecule has 176 valence electrons. The predicted molar refractivity (Wildman–Crippen MR) is 130 cm³/mol. The van der Waals surface area contributed by atoms with Crippen LogP contribution >= 0.6 is 0 Å². The van der Waals surface area contributed by atoms with Gasteiger partial charge in [-0.2, -0.15) is 10.1 Å². The van der Waals surface area contributed by atoms with Crippen LogP contribution in [0, 0.1) is 5.41 Å². The molecule has 0 aliphatic carbocycles. The van der Waals surface area contributed by atoms with Gasteiger partial charge in [-0.25, -0.2) is 9.78 Å². The maximum Gasteiger partial charge on any atom is 0.349 e. The Bertz CT molecular complexity index is 1460. The van der Waals surface area contributed by atoms with Gasteiger partial charge < -0.3 is 19.6 Å². The molecule has 1 aliphatic rings. The third-order valence-corrected chi connectivity index (χ3v) is 6.30. The minimum Gasteiger partial charge on any atom is -0.450 e. The average Bonchev–Trinajstić information content (AvgIpc) is 3.45. The molecule has 0 spiro atoms. The van der Waals surface area contributed by atoms with Crippen LogP contribution in [0.5, 0.6) is 0 Å². The van der Waals surface area contributed by atoms with Crippen LogP contribution in [0.25, 0.3) is 33.5 Å². The molecule has 5 heterocycles. The Morgan fingerprint density at radius 1 is 1.35 bits per heavy atom. The van der Waals surface area contributed by atoms with Gasteiger partial charge in [0.15, 0.2) is 11.2 Å². The highest BCUT2D eigenvalue weighted by atomic mass is 16.5. The second kappa shape index (κ2) is 8.94. The van der Waals surface area contributed by atoms with Crippen molar-refractivity contribution in [2.75, 3.05) is 13.7 Å². The molecule has 10 heteroatoms. The fourth-order valence-electron chi connectivity index (χ4n) is 4.56. The summed E-state index contributed by atoms with van der Waals surface area (Å²) < 4.78 is 15.5. The van der Waals surface area contributed by atoms with Gasteiger partial charge in [0, 0.05) is 51.1 Å². The van der Waals surface area contributed by atoms with Crippen molar-refractivity contribution in [1.82, 2.24) is 24.3 Å². The summed E-state index contributed by atoms with van der Waals surface area (Å²) in [7, 11) is 3.49. The normalized spacial score (nSPS) is 18.9. The van der Waals surface area contributed by atoms with Crippen molar-refractivity contribution in [2.45, 2.75) is 44.8 Å². The number of pyridine rings is 1. The Kier molecular flexibility index (Phi) is 5.82. The molecule has 34 heavy (non-hydrogen) atoms. The highest BCUT2D eigenvalue weighted by molar-refractivity contribution is 6.08. The molecule has 4 aromatic rings. The van der Waals surface area contributed by atoms with Crippen LogP contribution in [-0.4, -0.2) is 56.0 Å². The van der Waals surface area contributed by atoms with Gasteiger partial charge in [-0.3, -0.25) is 9.25 Å². The zero-order valence-electron chi connectivity index (χ0n) is 19.5. The SMILES string of the molecule is CCC1CC(n2c(=O)nc(-c3cnn(C)c3)c3oc4ccc(C(=N)CC=NC)nc4c32)CCO1. The number of hydrogen-bond acceptors (Lipinski definition) is 8. The van der Waals surface area contributed by atoms with Gasteiger partial charge in [0.2, 0.25) is 0 Å². The Hall–Kier alpha value is -3.66. The molecule has 4 aromatic heterocycles. The van der Waals surface area contributed by atoms with E-state index in [4.69, 9.17) is 19.5 Å². The summed E-state index contributed by atoms with van der Waals surface area (Å²) in [6.45, 7) is 2.67. The summed E-state index contributed by atoms with van der Waals surface area (Å²) >= 11 is 0. The fraction of sp³-hybridized carbons (Fsp3) is 0.417. The first-order valence-electron chi connectivity index (χ1n) is 11.4. The lowest BCUT2D eigenvalue weighted by atomic mass is 10.0. The minimum absolute atomic E-state index is 0.0814. The number of nitrogens with zero attached hydrogens (tertiary/aromatic N) is 6. The maximum atomic E-state index is 13.5. The van der Waals surface area contributed by atoms with E-state index in [-0.39, 0.29) is 17.8 Å². The van der Waals surface area contributed by atoms with Crippen LogP contribution in [0.2, 0.25) is 0 Å². The molecular formula is C24H27N7O3. The van der Waals surface area contributed by atoms with Crippen molar-refractivity contribution in [3.8, 4) is 11.3 Å². The van der Waals surface area contributed by atoms with E-state index in [2.05, 4.69) is 22.0 Å². The van der Waals surface area contributed by atoms with Crippen LogP contribution in [0.15, 0.2) is 38.7 Å². The molecule has 0 amide bonds. The van der Waals surface area contributed by atoms with E-state index in [9.17, 15) is 4.79 Å². The van der Waals surface area contributed by atoms with Crippen molar-refractivity contribution in [1.29, 1.82) is 5.41 Å². The number of nitrogens with one attached hydrogen (secondary N) is 1. The summed E-state index contributed by atoms with van der Waals surface area (Å²) in [6.07, 6.45) is 7.90. The monoisotopic (exact) mass is 461 g/mol. The van der Waals surface area contributed by atoms with Gasteiger partial charge in [0.1, 0.15) is 16.7 Å². The molecule has 2 atom stereocenters. The number of fused-ring (bicyclic) bond motifs is 3. The zero-order chi connectivity index (χ0) is 23.8. The van der Waals surface area contributed by atoms with Gasteiger partial charge in [-0.1, -0.05) is 6.92 Å². The number of ether oxygens (including phenoxy) is 1. The molecule has 1 fully saturated rings. The van der Waals surface area contributed by atoms with Crippen molar-refractivity contribution < 1.29 is 9.15 Å². The second-order valence-electron chi connectivity index (χ2n) is 8.54. The van der Waals surface area contributed by atoms with Gasteiger partial charge in [0.25, 0.3) is 0 Å². The highest BCUT2D eigenvalue weighted by Gasteiger charge is 2.29. The van der Waals surface area contributed by atoms with E-state index in [0.29, 0.717) is 70.7 Å². The zero-order valence-corrected chi connectivity index (χ0v) is 19.5. The first-order chi connectivity index (χ1) is 16.5. The molecule has 5 rings (SSSR count). The largest absolute Gasteiger partial charge is 0.450 e. The van der Waals surface area contributed by atoms with E-state index in [1.165, 1.54) is 0 Å². The smallest absolute Gasteiger partial charge is 0.349 e. The van der Waals surface area contributed by atoms with Crippen molar-refractivity contribution in [3.63, 3.8) is 0 Å². The van der Waals surface area contributed by atoms with E-state index in [1.54, 1.807) is 47.0 Å². The molecule has 2 unspecified atom stereocenters. The van der Waals surface area contributed by atoms with E-state index in [0.717, 1.165) is 6.42 Å². The number of aromatic nitrogens is 5. The first-order valence-corrected chi connectivity index (χ1v) is 11.4. The van der Waals surface area contributed by atoms with Crippen molar-refractivity contribution in [3.05, 3.63) is 40.7 Å². The fourth-order valence-corrected chi connectivity index (χ4v) is 4.56. The number of hydrogen-bond donors (Lipinski definition) is 1. The summed E-state index contributed by atoms with van der Waals surface area (Å²) in [5.41, 5.74) is 3.84. The van der Waals surface area contributed by atoms with Crippen LogP contribution < -0.4 is 5.69 Å². The topological polar surface area (TPSA) is 124 Å². The lowest BCUT2D eigenvalue weighted by Gasteiger charge is -2.30. The van der Waals surface area contributed by atoms with Crippen molar-refractivity contribution >= 4 is 34.1 Å². The highest BCUT2D eigenvalue weighted by Crippen LogP contribution is 2.36. The number of rotatable bonds is 6. The Balaban J connectivity index is 1.78. The van der Waals surface area contributed by atoms with Crippen LogP contribution in [0.1, 0.15) is 44.3 Å². The molecule has 0 bridgehead atoms. The molecule has 1 N–H and O–H groups in total. The van der Waals surface area contributed by atoms with Gasteiger partial charge in [-0.15, -0.1) is 0 Å². The standard InChI is InChI=1S/C24H27N7O3/c1-4-16-11-15(8-10-33-16)31-22-21-19(6-5-18(28-21)17(25)7-9-26-2)34-23(22)20(29-24(31)32)14-12-27-30(3)13-14/h5-6,9,12-13,15-16,25H,4,7-8,10-11H2,1-3H3. The van der Waals surface area contributed by atoms with Crippen molar-refractivity contribution in [2.24, 2.45) is 12.0 Å². The van der Waals surface area contributed by atoms with Crippen LogP contribution in [0.4, 0.5) is 0 Å². The molecule has 1 saturated heterocycles. The Labute approximate surface area is 195 Å². The molecule has 10 nitrogen and oxygen atoms in total. The summed E-state index contributed by atoms with van der Waals surface area (Å²) in [5, 5.41) is 12.6. The second-order valence-corrected chi connectivity index (χ2v) is 8.54. The summed E-state index contributed by atoms with van der Waals surface area (Å²) in [4.78, 5) is 26.7. The quantitative estimate of drug-likeness (QED) is 0.438. The maximum absolute atomic E-state index is 13.5. The van der Waals surface area contributed by atoms with Crippen LogP contribution in [0.3, 0.4) is 0 Å². The number of aryl methyl sites for hydroxylation is 1. The van der Waals surface area contributed by atoms with Gasteiger partial charge >= 0.3 is 5.69 Å². The summed E-state index contributed by atoms with van der Waals surface area (Å²) in [6, 6.07) is 3.48. The molecule has 0 radical (unpaired) electrons. The van der Waals surface area contributed by atoms with E-state index < -0.39 is 0 Å². The minimum atomic E-state index is -0.351. The Morgan fingerprint density at radius 2 is 2.21 bits per heavy atom. The first kappa shape index (κ1) is 22.1. The molecule has 0 saturated carbocycles. The van der Waals surface area contributed by atoms with Gasteiger partial charge in [0.05, 0.1) is 23.7 Å². The summed E-state index contributed by atoms with van der Waals surface area (Å²) in [5.74, 6) is 0. The molecule has 0 aromatic carbocycles. The molecule has 1 aliphatic heterocycles. The number of furan rings is 1. The van der Waals surface area contributed by atoms with Crippen LogP contribution in [-0.2, 0) is 11.8 Å². The average molecular weight is 462 g/mol.